The van der Waals surface area contributed by atoms with E-state index >= 15 is 0 Å². The van der Waals surface area contributed by atoms with E-state index in [0.717, 1.165) is 74.9 Å². The highest BCUT2D eigenvalue weighted by atomic mass is 35.5. The fraction of sp³-hybridized carbons (Fsp3) is 0.500. The number of nitrogens with one attached hydrogen (secondary N) is 1. The summed E-state index contributed by atoms with van der Waals surface area (Å²) in [5.41, 5.74) is 3.39. The Morgan fingerprint density at radius 1 is 1.20 bits per heavy atom. The first-order valence-electron chi connectivity index (χ1n) is 12.3. The molecule has 1 amide bonds. The van der Waals surface area contributed by atoms with Crippen LogP contribution in [0.3, 0.4) is 0 Å². The Balaban J connectivity index is 1.27. The van der Waals surface area contributed by atoms with Crippen molar-refractivity contribution >= 4 is 28.4 Å². The maximum atomic E-state index is 13.2. The topological polar surface area (TPSA) is 79.8 Å². The first-order valence-corrected chi connectivity index (χ1v) is 12.7. The summed E-state index contributed by atoms with van der Waals surface area (Å²) in [6, 6.07) is 6.22. The van der Waals surface area contributed by atoms with E-state index in [1.807, 2.05) is 36.2 Å². The number of anilines is 1. The van der Waals surface area contributed by atoms with Crippen molar-refractivity contribution in [1.29, 1.82) is 0 Å². The smallest absolute Gasteiger partial charge is 0.253 e. The molecule has 5 rings (SSSR count). The van der Waals surface area contributed by atoms with Crippen LogP contribution in [0.1, 0.15) is 45.8 Å². The number of allylic oxidation sites excluding steroid dienone is 1. The first kappa shape index (κ1) is 24.0. The summed E-state index contributed by atoms with van der Waals surface area (Å²) in [7, 11) is 3.47. The van der Waals surface area contributed by atoms with E-state index in [4.69, 9.17) is 26.1 Å². The number of likely N-dealkylation sites (tertiary alicyclic amines) is 1. The molecule has 1 N–H and O–H groups in total. The molecule has 3 heterocycles. The van der Waals surface area contributed by atoms with Crippen molar-refractivity contribution in [3.8, 4) is 5.75 Å². The van der Waals surface area contributed by atoms with Crippen LogP contribution < -0.4 is 10.1 Å². The Labute approximate surface area is 211 Å². The van der Waals surface area contributed by atoms with Gasteiger partial charge in [-0.25, -0.2) is 9.97 Å². The summed E-state index contributed by atoms with van der Waals surface area (Å²) in [6.07, 6.45) is 5.16. The Morgan fingerprint density at radius 2 is 1.97 bits per heavy atom. The van der Waals surface area contributed by atoms with E-state index < -0.39 is 0 Å². The molecular formula is C26H32ClN5O3. The van der Waals surface area contributed by atoms with Gasteiger partial charge in [0.05, 0.1) is 31.6 Å². The van der Waals surface area contributed by atoms with Crippen LogP contribution in [0, 0.1) is 0 Å². The third-order valence-corrected chi connectivity index (χ3v) is 7.52. The number of fused-ring (bicyclic) bond motifs is 1. The van der Waals surface area contributed by atoms with Crippen LogP contribution in [0.4, 0.5) is 5.82 Å². The quantitative estimate of drug-likeness (QED) is 0.656. The maximum Gasteiger partial charge on any atom is 0.253 e. The molecule has 9 heteroatoms. The number of hydrogen-bond acceptors (Lipinski definition) is 7. The number of carbonyl (C=O) groups is 1. The van der Waals surface area contributed by atoms with E-state index in [0.29, 0.717) is 41.1 Å². The van der Waals surface area contributed by atoms with Gasteiger partial charge in [-0.1, -0.05) is 23.7 Å². The average Bonchev–Trinajstić information content (AvgIpc) is 3.29. The lowest BCUT2D eigenvalue weighted by atomic mass is 10.0. The molecular weight excluding hydrogens is 466 g/mol. The molecule has 2 aliphatic heterocycles. The highest BCUT2D eigenvalue weighted by Crippen LogP contribution is 2.34. The van der Waals surface area contributed by atoms with Crippen molar-refractivity contribution in [1.82, 2.24) is 19.8 Å². The predicted molar refractivity (Wildman–Crippen MR) is 136 cm³/mol. The Hall–Kier alpha value is -2.68. The van der Waals surface area contributed by atoms with Crippen LogP contribution in [-0.4, -0.2) is 85.3 Å². The minimum absolute atomic E-state index is 0.0576. The minimum atomic E-state index is 0.0576. The lowest BCUT2D eigenvalue weighted by molar-refractivity contribution is 0.00158. The molecule has 35 heavy (non-hydrogen) atoms. The largest absolute Gasteiger partial charge is 0.496 e. The van der Waals surface area contributed by atoms with E-state index in [9.17, 15) is 4.79 Å². The number of ether oxygens (including phenoxy) is 2. The second kappa shape index (κ2) is 10.5. The molecule has 0 saturated carbocycles. The number of nitrogens with zero attached hydrogens (tertiary/aromatic N) is 4. The molecule has 8 nitrogen and oxygen atoms in total. The zero-order chi connectivity index (χ0) is 24.4. The normalized spacial score (nSPS) is 18.8. The molecule has 2 aromatic rings. The zero-order valence-electron chi connectivity index (χ0n) is 20.3. The van der Waals surface area contributed by atoms with Crippen LogP contribution in [0.25, 0.3) is 5.03 Å². The molecule has 1 aliphatic carbocycles. The number of carbonyl (C=O) groups excluding carboxylic acids is 1. The van der Waals surface area contributed by atoms with Crippen LogP contribution in [0.2, 0.25) is 0 Å². The van der Waals surface area contributed by atoms with E-state index in [1.165, 1.54) is 0 Å². The maximum absolute atomic E-state index is 13.2. The standard InChI is InChI=1S/C26H32ClN5O3/c1-28-25-24-20(27)5-6-21(24)29-23(30-25)16-17-3-4-18(15-22(17)34-2)26(33)32-9-7-19(8-10-32)31-11-13-35-14-12-31/h3-5,15,19H,6-14,16H2,1-2H3,(H,28,29,30). The van der Waals surface area contributed by atoms with Gasteiger partial charge in [-0.05, 0) is 25.0 Å². The monoisotopic (exact) mass is 497 g/mol. The summed E-state index contributed by atoms with van der Waals surface area (Å²) in [5.74, 6) is 2.15. The minimum Gasteiger partial charge on any atom is -0.496 e. The van der Waals surface area contributed by atoms with Crippen molar-refractivity contribution in [2.75, 3.05) is 58.9 Å². The van der Waals surface area contributed by atoms with Gasteiger partial charge in [-0.15, -0.1) is 0 Å². The van der Waals surface area contributed by atoms with Gasteiger partial charge < -0.3 is 19.7 Å². The van der Waals surface area contributed by atoms with E-state index in [2.05, 4.69) is 15.2 Å². The number of benzene rings is 1. The number of methoxy groups -OCH3 is 1. The second-order valence-electron chi connectivity index (χ2n) is 9.19. The average molecular weight is 498 g/mol. The van der Waals surface area contributed by atoms with Crippen LogP contribution >= 0.6 is 11.6 Å². The van der Waals surface area contributed by atoms with Crippen LogP contribution in [0.5, 0.6) is 5.75 Å². The van der Waals surface area contributed by atoms with Gasteiger partial charge in [0.2, 0.25) is 0 Å². The molecule has 2 saturated heterocycles. The molecule has 3 aliphatic rings. The fourth-order valence-corrected chi connectivity index (χ4v) is 5.53. The van der Waals surface area contributed by atoms with Crippen molar-refractivity contribution in [2.45, 2.75) is 31.7 Å². The van der Waals surface area contributed by atoms with Gasteiger partial charge in [-0.2, -0.15) is 0 Å². The number of amides is 1. The van der Waals surface area contributed by atoms with Gasteiger partial charge in [0.25, 0.3) is 5.91 Å². The summed E-state index contributed by atoms with van der Waals surface area (Å²) < 4.78 is 11.1. The number of morpholine rings is 1. The number of piperidine rings is 1. The highest BCUT2D eigenvalue weighted by Gasteiger charge is 2.29. The van der Waals surface area contributed by atoms with Gasteiger partial charge in [0.15, 0.2) is 0 Å². The molecule has 0 spiro atoms. The van der Waals surface area contributed by atoms with Crippen molar-refractivity contribution < 1.29 is 14.3 Å². The lowest BCUT2D eigenvalue weighted by Crippen LogP contribution is -2.50. The van der Waals surface area contributed by atoms with Crippen molar-refractivity contribution in [3.05, 3.63) is 52.5 Å². The lowest BCUT2D eigenvalue weighted by Gasteiger charge is -2.40. The molecule has 0 atom stereocenters. The summed E-state index contributed by atoms with van der Waals surface area (Å²) >= 11 is 6.32. The molecule has 2 fully saturated rings. The number of aromatic nitrogens is 2. The summed E-state index contributed by atoms with van der Waals surface area (Å²) in [6.45, 7) is 5.15. The molecule has 0 radical (unpaired) electrons. The van der Waals surface area contributed by atoms with Crippen LogP contribution in [-0.2, 0) is 17.6 Å². The highest BCUT2D eigenvalue weighted by molar-refractivity contribution is 6.49. The van der Waals surface area contributed by atoms with E-state index in [-0.39, 0.29) is 5.91 Å². The molecule has 186 valence electrons. The second-order valence-corrected chi connectivity index (χ2v) is 9.60. The zero-order valence-corrected chi connectivity index (χ0v) is 21.1. The Morgan fingerprint density at radius 3 is 2.69 bits per heavy atom. The van der Waals surface area contributed by atoms with Gasteiger partial charge >= 0.3 is 0 Å². The number of halogens is 1. The van der Waals surface area contributed by atoms with Crippen molar-refractivity contribution in [2.24, 2.45) is 0 Å². The van der Waals surface area contributed by atoms with E-state index in [1.54, 1.807) is 7.11 Å². The van der Waals surface area contributed by atoms with Gasteiger partial charge in [0.1, 0.15) is 17.4 Å². The van der Waals surface area contributed by atoms with Crippen molar-refractivity contribution in [3.63, 3.8) is 0 Å². The molecule has 1 aromatic carbocycles. The summed E-state index contributed by atoms with van der Waals surface area (Å²) in [4.78, 5) is 27.1. The molecule has 0 unspecified atom stereocenters. The SMILES string of the molecule is CNc1nc(Cc2ccc(C(=O)N3CCC(N4CCOCC4)CC3)cc2OC)nc2c1C(Cl)=CC2. The number of hydrogen-bond donors (Lipinski definition) is 1. The number of rotatable bonds is 6. The first-order chi connectivity index (χ1) is 17.1. The molecule has 1 aromatic heterocycles. The van der Waals surface area contributed by atoms with Gasteiger partial charge in [0, 0.05) is 68.3 Å². The molecule has 0 bridgehead atoms. The third kappa shape index (κ3) is 5.01. The third-order valence-electron chi connectivity index (χ3n) is 7.18. The van der Waals surface area contributed by atoms with Gasteiger partial charge in [-0.3, -0.25) is 9.69 Å². The van der Waals surface area contributed by atoms with Crippen LogP contribution in [0.15, 0.2) is 24.3 Å². The fourth-order valence-electron chi connectivity index (χ4n) is 5.26. The predicted octanol–water partition coefficient (Wildman–Crippen LogP) is 3.19. The Bertz CT molecular complexity index is 1120. The summed E-state index contributed by atoms with van der Waals surface area (Å²) in [5, 5.41) is 3.82. The Kier molecular flexibility index (Phi) is 7.22.